The molecule has 2 heterocycles. The number of rotatable bonds is 4. The Morgan fingerprint density at radius 1 is 1.32 bits per heavy atom. The van der Waals surface area contributed by atoms with Crippen molar-refractivity contribution in [1.82, 2.24) is 14.6 Å². The Kier molecular flexibility index (Phi) is 2.62. The minimum Gasteiger partial charge on any atom is -0.343 e. The molecule has 0 aliphatic heterocycles. The van der Waals surface area contributed by atoms with Gasteiger partial charge in [0.15, 0.2) is 5.65 Å². The van der Waals surface area contributed by atoms with Crippen LogP contribution in [0.25, 0.3) is 5.65 Å². The van der Waals surface area contributed by atoms with E-state index in [0.29, 0.717) is 0 Å². The quantitative estimate of drug-likeness (QED) is 0.821. The number of hydrogen-bond donors (Lipinski definition) is 1. The van der Waals surface area contributed by atoms with E-state index in [2.05, 4.69) is 32.1 Å². The standard InChI is InChI=1S/C15H18N4/c1-2-9-19-14(6-1)17-18-15(19)7-8-16-13-10-11-4-3-5-12(11)13/h1-3,5-6,9,11-13,16H,4,7-8,10H2/p+1/t11-,12+,13+/m1/s1. The van der Waals surface area contributed by atoms with Crippen LogP contribution in [-0.4, -0.2) is 27.2 Å². The van der Waals surface area contributed by atoms with Crippen LogP contribution < -0.4 is 5.32 Å². The molecule has 0 unspecified atom stereocenters. The minimum atomic E-state index is 0.808. The fourth-order valence-corrected chi connectivity index (χ4v) is 3.52. The lowest BCUT2D eigenvalue weighted by molar-refractivity contribution is -0.707. The molecule has 0 amide bonds. The normalized spacial score (nSPS) is 28.5. The molecule has 0 aromatic carbocycles. The van der Waals surface area contributed by atoms with Crippen molar-refractivity contribution in [3.8, 4) is 0 Å². The molecule has 0 radical (unpaired) electrons. The van der Waals surface area contributed by atoms with E-state index in [9.17, 15) is 0 Å². The van der Waals surface area contributed by atoms with Crippen LogP contribution >= 0.6 is 0 Å². The summed E-state index contributed by atoms with van der Waals surface area (Å²) in [6.07, 6.45) is 10.5. The SMILES string of the molecule is C1=C[C@H]2[C@H](C1)C[C@@H]2[NH2+]CCc1nnc2ccccn12. The van der Waals surface area contributed by atoms with E-state index in [0.717, 1.165) is 42.3 Å². The van der Waals surface area contributed by atoms with Gasteiger partial charge in [-0.05, 0) is 24.5 Å². The van der Waals surface area contributed by atoms with Crippen molar-refractivity contribution in [1.29, 1.82) is 0 Å². The predicted octanol–water partition coefficient (Wildman–Crippen LogP) is 0.800. The smallest absolute Gasteiger partial charge is 0.160 e. The van der Waals surface area contributed by atoms with Gasteiger partial charge in [-0.1, -0.05) is 18.2 Å². The van der Waals surface area contributed by atoms with Crippen LogP contribution in [0.2, 0.25) is 0 Å². The van der Waals surface area contributed by atoms with Crippen molar-refractivity contribution in [3.63, 3.8) is 0 Å². The number of fused-ring (bicyclic) bond motifs is 2. The number of nitrogens with two attached hydrogens (primary N) is 1. The zero-order valence-corrected chi connectivity index (χ0v) is 10.9. The number of nitrogens with zero attached hydrogens (tertiary/aromatic N) is 3. The molecule has 1 fully saturated rings. The second kappa shape index (κ2) is 4.46. The van der Waals surface area contributed by atoms with Gasteiger partial charge in [0.25, 0.3) is 0 Å². The topological polar surface area (TPSA) is 46.8 Å². The molecule has 98 valence electrons. The van der Waals surface area contributed by atoms with Gasteiger partial charge in [-0.15, -0.1) is 10.2 Å². The molecule has 0 spiro atoms. The predicted molar refractivity (Wildman–Crippen MR) is 72.6 cm³/mol. The van der Waals surface area contributed by atoms with Crippen LogP contribution in [0.4, 0.5) is 0 Å². The highest BCUT2D eigenvalue weighted by Gasteiger charge is 2.43. The first-order valence-corrected chi connectivity index (χ1v) is 7.20. The third-order valence-electron chi connectivity index (χ3n) is 4.63. The molecule has 3 atom stereocenters. The minimum absolute atomic E-state index is 0.808. The van der Waals surface area contributed by atoms with Crippen molar-refractivity contribution in [2.75, 3.05) is 6.54 Å². The first-order chi connectivity index (χ1) is 9.42. The fourth-order valence-electron chi connectivity index (χ4n) is 3.52. The van der Waals surface area contributed by atoms with E-state index < -0.39 is 0 Å². The van der Waals surface area contributed by atoms with E-state index in [-0.39, 0.29) is 0 Å². The molecule has 2 aliphatic carbocycles. The summed E-state index contributed by atoms with van der Waals surface area (Å²) in [7, 11) is 0. The molecule has 2 aliphatic rings. The van der Waals surface area contributed by atoms with Crippen LogP contribution in [-0.2, 0) is 6.42 Å². The van der Waals surface area contributed by atoms with Gasteiger partial charge in [0.2, 0.25) is 0 Å². The Balaban J connectivity index is 1.36. The first kappa shape index (κ1) is 11.2. The number of aromatic nitrogens is 3. The second-order valence-electron chi connectivity index (χ2n) is 5.72. The van der Waals surface area contributed by atoms with Gasteiger partial charge in [-0.3, -0.25) is 4.40 Å². The molecular formula is C15H19N4+. The Morgan fingerprint density at radius 3 is 3.26 bits per heavy atom. The van der Waals surface area contributed by atoms with Gasteiger partial charge in [0.1, 0.15) is 5.82 Å². The van der Waals surface area contributed by atoms with Crippen molar-refractivity contribution in [2.45, 2.75) is 25.3 Å². The van der Waals surface area contributed by atoms with Crippen LogP contribution in [0.1, 0.15) is 18.7 Å². The first-order valence-electron chi connectivity index (χ1n) is 7.20. The monoisotopic (exact) mass is 255 g/mol. The molecule has 4 heteroatoms. The summed E-state index contributed by atoms with van der Waals surface area (Å²) in [4.78, 5) is 0. The highest BCUT2D eigenvalue weighted by molar-refractivity contribution is 5.36. The summed E-state index contributed by atoms with van der Waals surface area (Å²) in [6, 6.07) is 6.84. The van der Waals surface area contributed by atoms with Gasteiger partial charge in [-0.25, -0.2) is 0 Å². The summed E-state index contributed by atoms with van der Waals surface area (Å²) in [5, 5.41) is 11.0. The van der Waals surface area contributed by atoms with Crippen LogP contribution in [0.15, 0.2) is 36.5 Å². The van der Waals surface area contributed by atoms with E-state index in [1.165, 1.54) is 12.8 Å². The number of quaternary nitrogens is 1. The van der Waals surface area contributed by atoms with Crippen LogP contribution in [0.3, 0.4) is 0 Å². The van der Waals surface area contributed by atoms with E-state index >= 15 is 0 Å². The molecule has 0 bridgehead atoms. The third kappa shape index (κ3) is 1.87. The van der Waals surface area contributed by atoms with Crippen molar-refractivity contribution in [3.05, 3.63) is 42.4 Å². The lowest BCUT2D eigenvalue weighted by Gasteiger charge is -2.37. The van der Waals surface area contributed by atoms with Crippen LogP contribution in [0, 0.1) is 11.8 Å². The van der Waals surface area contributed by atoms with Gasteiger partial charge < -0.3 is 5.32 Å². The molecule has 1 saturated carbocycles. The molecule has 2 aromatic heterocycles. The third-order valence-corrected chi connectivity index (χ3v) is 4.63. The highest BCUT2D eigenvalue weighted by Crippen LogP contribution is 2.40. The molecule has 2 aromatic rings. The molecule has 0 saturated heterocycles. The Bertz CT molecular complexity index is 615. The zero-order chi connectivity index (χ0) is 12.7. The summed E-state index contributed by atoms with van der Waals surface area (Å²) in [5.41, 5.74) is 0.944. The van der Waals surface area contributed by atoms with Gasteiger partial charge in [-0.2, -0.15) is 0 Å². The maximum atomic E-state index is 4.28. The number of pyridine rings is 1. The zero-order valence-electron chi connectivity index (χ0n) is 10.9. The summed E-state index contributed by atoms with van der Waals surface area (Å²) in [5.74, 6) is 2.87. The summed E-state index contributed by atoms with van der Waals surface area (Å²) >= 11 is 0. The average molecular weight is 255 g/mol. The fraction of sp³-hybridized carbons (Fsp3) is 0.467. The molecule has 4 rings (SSSR count). The second-order valence-corrected chi connectivity index (χ2v) is 5.72. The lowest BCUT2D eigenvalue weighted by Crippen LogP contribution is -2.94. The van der Waals surface area contributed by atoms with Crippen molar-refractivity contribution in [2.24, 2.45) is 11.8 Å². The average Bonchev–Trinajstić information content (AvgIpc) is 2.99. The highest BCUT2D eigenvalue weighted by atomic mass is 15.2. The van der Waals surface area contributed by atoms with Crippen molar-refractivity contribution >= 4 is 5.65 Å². The van der Waals surface area contributed by atoms with Gasteiger partial charge in [0, 0.05) is 18.5 Å². The Labute approximate surface area is 112 Å². The van der Waals surface area contributed by atoms with Crippen molar-refractivity contribution < 1.29 is 5.32 Å². The number of allylic oxidation sites excluding steroid dienone is 1. The Morgan fingerprint density at radius 2 is 2.32 bits per heavy atom. The maximum absolute atomic E-state index is 4.28. The lowest BCUT2D eigenvalue weighted by atomic mass is 9.71. The van der Waals surface area contributed by atoms with E-state index in [1.807, 2.05) is 24.4 Å². The summed E-state index contributed by atoms with van der Waals surface area (Å²) < 4.78 is 2.09. The van der Waals surface area contributed by atoms with Gasteiger partial charge in [0.05, 0.1) is 19.0 Å². The maximum Gasteiger partial charge on any atom is 0.160 e. The molecule has 2 N–H and O–H groups in total. The summed E-state index contributed by atoms with van der Waals surface area (Å²) in [6.45, 7) is 1.11. The van der Waals surface area contributed by atoms with Gasteiger partial charge >= 0.3 is 0 Å². The largest absolute Gasteiger partial charge is 0.343 e. The van der Waals surface area contributed by atoms with Crippen LogP contribution in [0.5, 0.6) is 0 Å². The number of hydrogen-bond acceptors (Lipinski definition) is 2. The molecule has 4 nitrogen and oxygen atoms in total. The van der Waals surface area contributed by atoms with E-state index in [1.54, 1.807) is 0 Å². The van der Waals surface area contributed by atoms with E-state index in [4.69, 9.17) is 0 Å². The Hall–Kier alpha value is -1.68. The molecular weight excluding hydrogens is 236 g/mol. The molecule has 19 heavy (non-hydrogen) atoms.